The zero-order valence-electron chi connectivity index (χ0n) is 9.75. The molecule has 15 heavy (non-hydrogen) atoms. The Morgan fingerprint density at radius 1 is 1.60 bits per heavy atom. The molecule has 0 aromatic carbocycles. The van der Waals surface area contributed by atoms with Crippen molar-refractivity contribution in [1.29, 1.82) is 5.26 Å². The van der Waals surface area contributed by atoms with Crippen LogP contribution in [0.1, 0.15) is 27.2 Å². The third-order valence-corrected chi connectivity index (χ3v) is 3.05. The molecule has 0 atom stereocenters. The zero-order valence-corrected chi connectivity index (χ0v) is 9.75. The molecule has 1 fully saturated rings. The highest BCUT2D eigenvalue weighted by molar-refractivity contribution is 6.69. The first-order valence-electron chi connectivity index (χ1n) is 5.56. The van der Waals surface area contributed by atoms with Gasteiger partial charge < -0.3 is 4.74 Å². The number of hydrogen-bond acceptors (Lipinski definition) is 3. The van der Waals surface area contributed by atoms with Crippen LogP contribution in [0.25, 0.3) is 0 Å². The minimum absolute atomic E-state index is 0.120. The fourth-order valence-electron chi connectivity index (χ4n) is 2.14. The van der Waals surface area contributed by atoms with E-state index in [0.717, 1.165) is 19.1 Å². The molecule has 0 N–H and O–H groups in total. The van der Waals surface area contributed by atoms with Crippen LogP contribution in [0, 0.1) is 22.6 Å². The molecule has 0 aromatic heterocycles. The van der Waals surface area contributed by atoms with Crippen molar-refractivity contribution in [2.24, 2.45) is 11.3 Å². The second-order valence-electron chi connectivity index (χ2n) is 4.97. The highest BCUT2D eigenvalue weighted by atomic mass is 16.5. The summed E-state index contributed by atoms with van der Waals surface area (Å²) < 4.78 is 5.03. The molecule has 0 amide bonds. The van der Waals surface area contributed by atoms with Crippen molar-refractivity contribution >= 4 is 12.7 Å². The number of rotatable bonds is 4. The molecule has 0 unspecified atom stereocenters. The molecule has 1 aliphatic rings. The van der Waals surface area contributed by atoms with Gasteiger partial charge in [0.2, 0.25) is 0 Å². The van der Waals surface area contributed by atoms with E-state index in [-0.39, 0.29) is 12.7 Å². The van der Waals surface area contributed by atoms with E-state index in [4.69, 9.17) is 10.00 Å². The number of esters is 1. The lowest BCUT2D eigenvalue weighted by molar-refractivity contribution is -0.154. The normalized spacial score (nSPS) is 16.8. The minimum atomic E-state index is -0.402. The highest BCUT2D eigenvalue weighted by Crippen LogP contribution is 2.38. The molecule has 0 aromatic rings. The van der Waals surface area contributed by atoms with Crippen LogP contribution in [0.4, 0.5) is 0 Å². The van der Waals surface area contributed by atoms with E-state index in [2.05, 4.69) is 5.97 Å². The summed E-state index contributed by atoms with van der Waals surface area (Å²) in [6, 6.07) is 0. The zero-order chi connectivity index (χ0) is 11.5. The van der Waals surface area contributed by atoms with Gasteiger partial charge in [0.1, 0.15) is 0 Å². The van der Waals surface area contributed by atoms with Gasteiger partial charge in [-0.3, -0.25) is 4.79 Å². The van der Waals surface area contributed by atoms with Crippen LogP contribution in [-0.2, 0) is 9.53 Å². The lowest BCUT2D eigenvalue weighted by Crippen LogP contribution is -2.36. The van der Waals surface area contributed by atoms with E-state index in [1.165, 1.54) is 0 Å². The van der Waals surface area contributed by atoms with Gasteiger partial charge in [0, 0.05) is 5.97 Å². The number of carbonyl (C=O) groups excluding carboxylic acids is 1. The van der Waals surface area contributed by atoms with Crippen molar-refractivity contribution in [3.8, 4) is 5.97 Å². The smallest absolute Gasteiger partial charge is 0.311 e. The molecule has 82 valence electrons. The van der Waals surface area contributed by atoms with E-state index in [9.17, 15) is 4.79 Å². The molecule has 0 spiro atoms. The summed E-state index contributed by atoms with van der Waals surface area (Å²) in [5.41, 5.74) is -0.402. The molecule has 1 saturated heterocycles. The van der Waals surface area contributed by atoms with Gasteiger partial charge in [0.05, 0.1) is 12.0 Å². The number of carbonyl (C=O) groups is 1. The summed E-state index contributed by atoms with van der Waals surface area (Å²) in [6.45, 7) is 6.32. The third kappa shape index (κ3) is 2.99. The van der Waals surface area contributed by atoms with Gasteiger partial charge in [-0.2, -0.15) is 0 Å². The summed E-state index contributed by atoms with van der Waals surface area (Å²) in [4.78, 5) is 11.6. The predicted octanol–water partition coefficient (Wildman–Crippen LogP) is 2.15. The van der Waals surface area contributed by atoms with E-state index < -0.39 is 5.41 Å². The van der Waals surface area contributed by atoms with Crippen LogP contribution in [-0.4, -0.2) is 19.3 Å². The number of nitrogens with zero attached hydrogens (tertiary/aromatic N) is 1. The maximum absolute atomic E-state index is 11.6. The monoisotopic (exact) mass is 207 g/mol. The number of nitriles is 1. The molecule has 1 aliphatic heterocycles. The predicted molar refractivity (Wildman–Crippen MR) is 59.5 cm³/mol. The van der Waals surface area contributed by atoms with Gasteiger partial charge in [-0.05, 0) is 27.2 Å². The van der Waals surface area contributed by atoms with Gasteiger partial charge >= 0.3 is 5.97 Å². The largest absolute Gasteiger partial charge is 0.466 e. The Morgan fingerprint density at radius 2 is 2.20 bits per heavy atom. The quantitative estimate of drug-likeness (QED) is 0.524. The first-order chi connectivity index (χ1) is 6.99. The Hall–Kier alpha value is -0.975. The fraction of sp³-hybridized carbons (Fsp3) is 0.818. The van der Waals surface area contributed by atoms with Gasteiger partial charge in [-0.15, -0.1) is 0 Å². The molecular formula is C11H18BNO2. The summed E-state index contributed by atoms with van der Waals surface area (Å²) in [5.74, 6) is 2.66. The maximum atomic E-state index is 11.6. The topological polar surface area (TPSA) is 50.1 Å². The molecule has 0 radical (unpaired) electrons. The lowest BCUT2D eigenvalue weighted by Gasteiger charge is -2.34. The van der Waals surface area contributed by atoms with Crippen LogP contribution in [0.3, 0.4) is 0 Å². The Bertz CT molecular complexity index is 277. The van der Waals surface area contributed by atoms with Crippen molar-refractivity contribution in [1.82, 2.24) is 0 Å². The van der Waals surface area contributed by atoms with E-state index in [0.29, 0.717) is 12.5 Å². The Labute approximate surface area is 91.9 Å². The van der Waals surface area contributed by atoms with Crippen molar-refractivity contribution < 1.29 is 9.53 Å². The van der Waals surface area contributed by atoms with Crippen LogP contribution in [0.2, 0.25) is 12.6 Å². The first kappa shape index (κ1) is 12.1. The van der Waals surface area contributed by atoms with E-state index in [1.807, 2.05) is 20.8 Å². The molecule has 0 bridgehead atoms. The Balaban J connectivity index is 2.37. The molecule has 1 heterocycles. The summed E-state index contributed by atoms with van der Waals surface area (Å²) in [6.07, 6.45) is 2.72. The second-order valence-corrected chi connectivity index (χ2v) is 4.97. The average Bonchev–Trinajstić information content (AvgIpc) is 2.11. The van der Waals surface area contributed by atoms with Gasteiger partial charge in [0.15, 0.2) is 0 Å². The van der Waals surface area contributed by atoms with E-state index >= 15 is 0 Å². The SMILES string of the molecule is CCOC(=O)C(C)(C)CC1CB(C#N)C1. The Morgan fingerprint density at radius 3 is 2.67 bits per heavy atom. The lowest BCUT2D eigenvalue weighted by atomic mass is 9.32. The van der Waals surface area contributed by atoms with Crippen LogP contribution >= 0.6 is 0 Å². The average molecular weight is 207 g/mol. The molecular weight excluding hydrogens is 189 g/mol. The molecule has 0 aliphatic carbocycles. The highest BCUT2D eigenvalue weighted by Gasteiger charge is 2.39. The van der Waals surface area contributed by atoms with Crippen molar-refractivity contribution in [3.63, 3.8) is 0 Å². The van der Waals surface area contributed by atoms with Crippen LogP contribution in [0.15, 0.2) is 0 Å². The van der Waals surface area contributed by atoms with Gasteiger partial charge in [0.25, 0.3) is 6.71 Å². The van der Waals surface area contributed by atoms with Crippen molar-refractivity contribution in [2.75, 3.05) is 6.61 Å². The summed E-state index contributed by atoms with van der Waals surface area (Å²) in [5, 5.41) is 8.65. The van der Waals surface area contributed by atoms with Crippen LogP contribution in [0.5, 0.6) is 0 Å². The summed E-state index contributed by atoms with van der Waals surface area (Å²) in [7, 11) is 0. The molecule has 3 nitrogen and oxygen atoms in total. The fourth-order valence-corrected chi connectivity index (χ4v) is 2.14. The number of ether oxygens (including phenoxy) is 1. The van der Waals surface area contributed by atoms with Crippen LogP contribution < -0.4 is 0 Å². The molecule has 4 heteroatoms. The molecule has 0 saturated carbocycles. The maximum Gasteiger partial charge on any atom is 0.311 e. The summed E-state index contributed by atoms with van der Waals surface area (Å²) >= 11 is 0. The van der Waals surface area contributed by atoms with E-state index in [1.54, 1.807) is 0 Å². The van der Waals surface area contributed by atoms with Gasteiger partial charge in [-0.1, -0.05) is 18.6 Å². The number of hydrogen-bond donors (Lipinski definition) is 0. The minimum Gasteiger partial charge on any atom is -0.466 e. The second kappa shape index (κ2) is 4.70. The van der Waals surface area contributed by atoms with Crippen molar-refractivity contribution in [2.45, 2.75) is 39.8 Å². The standard InChI is InChI=1S/C11H18BNO2/c1-4-15-10(14)11(2,3)5-9-6-12(7-9)8-13/h9H,4-7H2,1-3H3. The third-order valence-electron chi connectivity index (χ3n) is 3.05. The molecule has 1 rings (SSSR count). The van der Waals surface area contributed by atoms with Gasteiger partial charge in [-0.25, -0.2) is 5.26 Å². The first-order valence-corrected chi connectivity index (χ1v) is 5.56. The Kier molecular flexibility index (Phi) is 3.79. The van der Waals surface area contributed by atoms with Crippen molar-refractivity contribution in [3.05, 3.63) is 0 Å².